The first kappa shape index (κ1) is 32.1. The average Bonchev–Trinajstić information content (AvgIpc) is 3.05. The first-order valence-electron chi connectivity index (χ1n) is 14.5. The summed E-state index contributed by atoms with van der Waals surface area (Å²) in [7, 11) is 0. The number of anilines is 2. The molecule has 2 aliphatic rings. The number of halogens is 4. The summed E-state index contributed by atoms with van der Waals surface area (Å²) in [5.41, 5.74) is 0.551. The van der Waals surface area contributed by atoms with Gasteiger partial charge in [-0.25, -0.2) is 28.7 Å². The predicted molar refractivity (Wildman–Crippen MR) is 171 cm³/mol. The molecule has 2 fully saturated rings. The first-order valence-corrected chi connectivity index (χ1v) is 16.0. The molecule has 0 saturated carbocycles. The van der Waals surface area contributed by atoms with Crippen LogP contribution in [-0.2, 0) is 0 Å². The zero-order chi connectivity index (χ0) is 31.1. The van der Waals surface area contributed by atoms with Crippen molar-refractivity contribution in [1.82, 2.24) is 19.9 Å². The minimum absolute atomic E-state index is 0.0515. The standard InChI is InChI=1S/C16H17BrFN3O.C16H15BrFN3O/c2*17-12-2-3-13(14(18)10-12)15(22)11-4-8-21(9-5-11)16-19-6-1-7-20-16/h1-3,6-7,10-11,15,22H,4-5,8-9H2;1-3,6-7,10-11H,4-5,8-9H2. The van der Waals surface area contributed by atoms with E-state index in [0.29, 0.717) is 52.3 Å². The third kappa shape index (κ3) is 8.02. The number of rotatable bonds is 6. The fourth-order valence-electron chi connectivity index (χ4n) is 5.57. The maximum Gasteiger partial charge on any atom is 0.225 e. The number of aliphatic hydroxyl groups excluding tert-OH is 1. The lowest BCUT2D eigenvalue weighted by Gasteiger charge is -2.34. The van der Waals surface area contributed by atoms with Crippen LogP contribution in [0, 0.1) is 23.5 Å². The Balaban J connectivity index is 0.000000175. The Morgan fingerprint density at radius 3 is 1.73 bits per heavy atom. The SMILES string of the molecule is O=C(c1ccc(Br)cc1F)C1CCN(c2ncccn2)CC1.OC(c1ccc(Br)cc1F)C1CCN(c2ncccn2)CC1. The van der Waals surface area contributed by atoms with Crippen LogP contribution in [0.3, 0.4) is 0 Å². The van der Waals surface area contributed by atoms with E-state index in [9.17, 15) is 18.7 Å². The van der Waals surface area contributed by atoms with E-state index in [-0.39, 0.29) is 29.0 Å². The van der Waals surface area contributed by atoms with Crippen molar-refractivity contribution in [2.45, 2.75) is 31.8 Å². The molecular weight excluding hydrogens is 698 g/mol. The van der Waals surface area contributed by atoms with E-state index < -0.39 is 11.9 Å². The number of carbonyl (C=O) groups is 1. The molecule has 1 atom stereocenters. The van der Waals surface area contributed by atoms with Gasteiger partial charge in [-0.05, 0) is 74.1 Å². The number of aromatic nitrogens is 4. The molecule has 44 heavy (non-hydrogen) atoms. The van der Waals surface area contributed by atoms with Gasteiger partial charge in [-0.15, -0.1) is 0 Å². The lowest BCUT2D eigenvalue weighted by molar-refractivity contribution is 0.0891. The highest BCUT2D eigenvalue weighted by Gasteiger charge is 2.29. The molecule has 8 nitrogen and oxygen atoms in total. The normalized spacial score (nSPS) is 16.7. The summed E-state index contributed by atoms with van der Waals surface area (Å²) >= 11 is 6.44. The Hall–Kier alpha value is -3.35. The first-order chi connectivity index (χ1) is 21.3. The van der Waals surface area contributed by atoms with Crippen molar-refractivity contribution in [1.29, 1.82) is 0 Å². The zero-order valence-electron chi connectivity index (χ0n) is 23.9. The number of aliphatic hydroxyl groups is 1. The van der Waals surface area contributed by atoms with Crippen molar-refractivity contribution >= 4 is 49.5 Å². The number of piperidine rings is 2. The highest BCUT2D eigenvalue weighted by molar-refractivity contribution is 9.10. The van der Waals surface area contributed by atoms with Gasteiger partial charge in [0.25, 0.3) is 0 Å². The second kappa shape index (κ2) is 15.1. The Bertz CT molecular complexity index is 1540. The number of hydrogen-bond acceptors (Lipinski definition) is 8. The van der Waals surface area contributed by atoms with Crippen molar-refractivity contribution in [3.05, 3.63) is 105 Å². The minimum atomic E-state index is -0.771. The van der Waals surface area contributed by atoms with Crippen LogP contribution in [0.5, 0.6) is 0 Å². The Morgan fingerprint density at radius 2 is 1.23 bits per heavy atom. The fraction of sp³-hybridized carbons (Fsp3) is 0.344. The van der Waals surface area contributed by atoms with Gasteiger partial charge in [-0.2, -0.15) is 0 Å². The van der Waals surface area contributed by atoms with E-state index in [2.05, 4.69) is 61.6 Å². The van der Waals surface area contributed by atoms with Crippen LogP contribution in [0.25, 0.3) is 0 Å². The fourth-order valence-corrected chi connectivity index (χ4v) is 6.24. The highest BCUT2D eigenvalue weighted by atomic mass is 79.9. The molecule has 4 aromatic rings. The molecule has 2 aliphatic heterocycles. The van der Waals surface area contributed by atoms with Gasteiger partial charge in [-0.3, -0.25) is 4.79 Å². The van der Waals surface area contributed by atoms with Crippen molar-refractivity contribution in [3.8, 4) is 0 Å². The quantitative estimate of drug-likeness (QED) is 0.217. The summed E-state index contributed by atoms with van der Waals surface area (Å²) in [6.45, 7) is 2.95. The predicted octanol–water partition coefficient (Wildman–Crippen LogP) is 6.81. The van der Waals surface area contributed by atoms with E-state index in [4.69, 9.17) is 0 Å². The second-order valence-electron chi connectivity index (χ2n) is 10.8. The Morgan fingerprint density at radius 1 is 0.750 bits per heavy atom. The second-order valence-corrected chi connectivity index (χ2v) is 12.6. The van der Waals surface area contributed by atoms with Gasteiger partial charge in [0.05, 0.1) is 11.7 Å². The van der Waals surface area contributed by atoms with Gasteiger partial charge in [0.1, 0.15) is 11.6 Å². The summed E-state index contributed by atoms with van der Waals surface area (Å²) in [6, 6.07) is 12.9. The Kier molecular flexibility index (Phi) is 11.0. The number of Topliss-reactive ketones (excluding diaryl/α,β-unsaturated/α-hetero) is 1. The number of nitrogens with zero attached hydrogens (tertiary/aromatic N) is 6. The lowest BCUT2D eigenvalue weighted by Crippen LogP contribution is -2.37. The van der Waals surface area contributed by atoms with Gasteiger partial charge in [0.2, 0.25) is 11.9 Å². The molecular formula is C32H32Br2F2N6O2. The van der Waals surface area contributed by atoms with Gasteiger partial charge >= 0.3 is 0 Å². The third-order valence-corrected chi connectivity index (χ3v) is 8.99. The highest BCUT2D eigenvalue weighted by Crippen LogP contribution is 2.33. The molecule has 1 N–H and O–H groups in total. The topological polar surface area (TPSA) is 95.3 Å². The van der Waals surface area contributed by atoms with Gasteiger partial charge < -0.3 is 14.9 Å². The van der Waals surface area contributed by atoms with Crippen LogP contribution < -0.4 is 9.80 Å². The molecule has 2 saturated heterocycles. The summed E-state index contributed by atoms with van der Waals surface area (Å²) in [4.78, 5) is 33.5. The molecule has 230 valence electrons. The van der Waals surface area contributed by atoms with Crippen molar-refractivity contribution in [2.24, 2.45) is 11.8 Å². The van der Waals surface area contributed by atoms with Crippen LogP contribution in [0.15, 0.2) is 82.3 Å². The molecule has 0 spiro atoms. The molecule has 0 bridgehead atoms. The number of hydrogen-bond donors (Lipinski definition) is 1. The maximum atomic E-state index is 14.0. The van der Waals surface area contributed by atoms with Gasteiger partial charge in [-0.1, -0.05) is 37.9 Å². The molecule has 1 unspecified atom stereocenters. The monoisotopic (exact) mass is 728 g/mol. The van der Waals surface area contributed by atoms with Crippen molar-refractivity contribution in [3.63, 3.8) is 0 Å². The molecule has 0 amide bonds. The van der Waals surface area contributed by atoms with E-state index >= 15 is 0 Å². The molecule has 0 aliphatic carbocycles. The Labute approximate surface area is 271 Å². The summed E-state index contributed by atoms with van der Waals surface area (Å²) in [5.74, 6) is 0.363. The molecule has 4 heterocycles. The van der Waals surface area contributed by atoms with Crippen LogP contribution in [0.1, 0.15) is 47.7 Å². The summed E-state index contributed by atoms with van der Waals surface area (Å²) in [6.07, 6.45) is 9.03. The van der Waals surface area contributed by atoms with E-state index in [1.165, 1.54) is 12.1 Å². The van der Waals surface area contributed by atoms with E-state index in [1.54, 1.807) is 61.2 Å². The smallest absolute Gasteiger partial charge is 0.225 e. The average molecular weight is 730 g/mol. The molecule has 2 aromatic heterocycles. The third-order valence-electron chi connectivity index (χ3n) is 8.00. The van der Waals surface area contributed by atoms with E-state index in [0.717, 1.165) is 25.9 Å². The number of ketones is 1. The summed E-state index contributed by atoms with van der Waals surface area (Å²) < 4.78 is 29.2. The summed E-state index contributed by atoms with van der Waals surface area (Å²) in [5, 5.41) is 10.5. The lowest BCUT2D eigenvalue weighted by atomic mass is 9.87. The van der Waals surface area contributed by atoms with Crippen LogP contribution in [0.2, 0.25) is 0 Å². The van der Waals surface area contributed by atoms with Crippen molar-refractivity contribution < 1.29 is 18.7 Å². The van der Waals surface area contributed by atoms with Gasteiger partial charge in [0.15, 0.2) is 5.78 Å². The van der Waals surface area contributed by atoms with E-state index in [1.807, 2.05) is 0 Å². The minimum Gasteiger partial charge on any atom is -0.388 e. The van der Waals surface area contributed by atoms with Crippen LogP contribution in [0.4, 0.5) is 20.7 Å². The maximum absolute atomic E-state index is 14.0. The number of carbonyl (C=O) groups excluding carboxylic acids is 1. The van der Waals surface area contributed by atoms with Crippen molar-refractivity contribution in [2.75, 3.05) is 36.0 Å². The van der Waals surface area contributed by atoms with Crippen LogP contribution in [-0.4, -0.2) is 57.0 Å². The molecule has 6 rings (SSSR count). The molecule has 0 radical (unpaired) electrons. The zero-order valence-corrected chi connectivity index (χ0v) is 27.0. The largest absolute Gasteiger partial charge is 0.388 e. The van der Waals surface area contributed by atoms with Crippen LogP contribution >= 0.6 is 31.9 Å². The molecule has 12 heteroatoms. The number of benzene rings is 2. The van der Waals surface area contributed by atoms with Gasteiger partial charge in [0, 0.05) is 71.4 Å². The molecule has 2 aromatic carbocycles.